The van der Waals surface area contributed by atoms with E-state index in [1.54, 1.807) is 6.20 Å². The lowest BCUT2D eigenvalue weighted by Crippen LogP contribution is -2.47. The van der Waals surface area contributed by atoms with Crippen LogP contribution in [0, 0.1) is 0 Å². The summed E-state index contributed by atoms with van der Waals surface area (Å²) >= 11 is 1.96. The number of nitrogens with one attached hydrogen (secondary N) is 2. The third-order valence-corrected chi connectivity index (χ3v) is 4.88. The van der Waals surface area contributed by atoms with Gasteiger partial charge in [-0.25, -0.2) is 4.79 Å². The van der Waals surface area contributed by atoms with Crippen LogP contribution in [0.1, 0.15) is 38.3 Å². The maximum absolute atomic E-state index is 12.0. The van der Waals surface area contributed by atoms with Gasteiger partial charge in [0.2, 0.25) is 0 Å². The van der Waals surface area contributed by atoms with E-state index < -0.39 is 0 Å². The second kappa shape index (κ2) is 8.15. The monoisotopic (exact) mass is 293 g/mol. The van der Waals surface area contributed by atoms with Gasteiger partial charge in [0.05, 0.1) is 12.2 Å². The van der Waals surface area contributed by atoms with Crippen molar-refractivity contribution in [2.24, 2.45) is 0 Å². The number of rotatable bonds is 5. The first-order valence-corrected chi connectivity index (χ1v) is 8.40. The summed E-state index contributed by atoms with van der Waals surface area (Å²) in [5.74, 6) is 1.11. The van der Waals surface area contributed by atoms with Gasteiger partial charge in [-0.3, -0.25) is 4.98 Å². The first-order valence-electron chi connectivity index (χ1n) is 7.35. The molecule has 1 aromatic rings. The van der Waals surface area contributed by atoms with E-state index in [9.17, 15) is 4.79 Å². The SMILES string of the molecule is CCS[C@@H]1CCCC[C@@H]1NC(=O)NCc1ccccn1. The van der Waals surface area contributed by atoms with Gasteiger partial charge in [0, 0.05) is 17.5 Å². The second-order valence-corrected chi connectivity index (χ2v) is 6.55. The largest absolute Gasteiger partial charge is 0.334 e. The zero-order valence-corrected chi connectivity index (χ0v) is 12.8. The van der Waals surface area contributed by atoms with Gasteiger partial charge in [0.1, 0.15) is 0 Å². The number of urea groups is 1. The second-order valence-electron chi connectivity index (χ2n) is 5.03. The van der Waals surface area contributed by atoms with Crippen LogP contribution in [-0.2, 0) is 6.54 Å². The van der Waals surface area contributed by atoms with E-state index in [1.165, 1.54) is 19.3 Å². The fourth-order valence-electron chi connectivity index (χ4n) is 2.57. The molecule has 20 heavy (non-hydrogen) atoms. The van der Waals surface area contributed by atoms with E-state index in [-0.39, 0.29) is 6.03 Å². The standard InChI is InChI=1S/C15H23N3OS/c1-2-20-14-9-4-3-8-13(14)18-15(19)17-11-12-7-5-6-10-16-12/h5-7,10,13-14H,2-4,8-9,11H2,1H3,(H2,17,18,19)/t13-,14+/m0/s1. The third kappa shape index (κ3) is 4.71. The normalized spacial score (nSPS) is 22.2. The Labute approximate surface area is 125 Å². The molecule has 1 heterocycles. The molecule has 0 aliphatic heterocycles. The lowest BCUT2D eigenvalue weighted by Gasteiger charge is -2.31. The van der Waals surface area contributed by atoms with E-state index >= 15 is 0 Å². The summed E-state index contributed by atoms with van der Waals surface area (Å²) in [5.41, 5.74) is 0.880. The molecule has 1 aliphatic carbocycles. The summed E-state index contributed by atoms with van der Waals surface area (Å²) in [5, 5.41) is 6.58. The molecule has 1 fully saturated rings. The number of carbonyl (C=O) groups is 1. The summed E-state index contributed by atoms with van der Waals surface area (Å²) in [4.78, 5) is 16.2. The number of hydrogen-bond acceptors (Lipinski definition) is 3. The highest BCUT2D eigenvalue weighted by Gasteiger charge is 2.26. The summed E-state index contributed by atoms with van der Waals surface area (Å²) in [6.45, 7) is 2.66. The van der Waals surface area contributed by atoms with Crippen LogP contribution in [-0.4, -0.2) is 28.1 Å². The highest BCUT2D eigenvalue weighted by Crippen LogP contribution is 2.28. The zero-order chi connectivity index (χ0) is 14.2. The molecule has 0 spiro atoms. The van der Waals surface area contributed by atoms with Gasteiger partial charge in [0.15, 0.2) is 0 Å². The Morgan fingerprint density at radius 3 is 3.00 bits per heavy atom. The van der Waals surface area contributed by atoms with Crippen molar-refractivity contribution in [1.82, 2.24) is 15.6 Å². The molecule has 4 nitrogen and oxygen atoms in total. The highest BCUT2D eigenvalue weighted by atomic mass is 32.2. The van der Waals surface area contributed by atoms with E-state index in [0.717, 1.165) is 17.9 Å². The summed E-state index contributed by atoms with van der Waals surface area (Å²) < 4.78 is 0. The lowest BCUT2D eigenvalue weighted by atomic mass is 9.95. The van der Waals surface area contributed by atoms with Crippen molar-refractivity contribution in [3.8, 4) is 0 Å². The van der Waals surface area contributed by atoms with Crippen LogP contribution in [0.15, 0.2) is 24.4 Å². The van der Waals surface area contributed by atoms with Gasteiger partial charge < -0.3 is 10.6 Å². The Morgan fingerprint density at radius 1 is 1.40 bits per heavy atom. The summed E-state index contributed by atoms with van der Waals surface area (Å²) in [6, 6.07) is 5.94. The van der Waals surface area contributed by atoms with Gasteiger partial charge in [-0.2, -0.15) is 11.8 Å². The van der Waals surface area contributed by atoms with Crippen molar-refractivity contribution >= 4 is 17.8 Å². The fourth-order valence-corrected chi connectivity index (χ4v) is 3.77. The number of hydrogen-bond donors (Lipinski definition) is 2. The van der Waals surface area contributed by atoms with Crippen LogP contribution >= 0.6 is 11.8 Å². The molecule has 5 heteroatoms. The Hall–Kier alpha value is -1.23. The van der Waals surface area contributed by atoms with Crippen molar-refractivity contribution in [3.05, 3.63) is 30.1 Å². The first-order chi connectivity index (χ1) is 9.79. The smallest absolute Gasteiger partial charge is 0.315 e. The Balaban J connectivity index is 1.78. The highest BCUT2D eigenvalue weighted by molar-refractivity contribution is 7.99. The Bertz CT molecular complexity index is 411. The molecule has 0 bridgehead atoms. The molecule has 0 radical (unpaired) electrons. The van der Waals surface area contributed by atoms with Crippen molar-refractivity contribution in [2.45, 2.75) is 50.4 Å². The molecule has 2 N–H and O–H groups in total. The van der Waals surface area contributed by atoms with E-state index in [0.29, 0.717) is 17.8 Å². The quantitative estimate of drug-likeness (QED) is 0.877. The number of thioether (sulfide) groups is 1. The molecule has 2 rings (SSSR count). The first kappa shape index (κ1) is 15.2. The van der Waals surface area contributed by atoms with Crippen molar-refractivity contribution in [2.75, 3.05) is 5.75 Å². The van der Waals surface area contributed by atoms with Crippen LogP contribution in [0.2, 0.25) is 0 Å². The van der Waals surface area contributed by atoms with E-state index in [2.05, 4.69) is 22.5 Å². The molecule has 0 unspecified atom stereocenters. The number of carbonyl (C=O) groups excluding carboxylic acids is 1. The topological polar surface area (TPSA) is 54.0 Å². The van der Waals surface area contributed by atoms with Gasteiger partial charge in [-0.1, -0.05) is 25.8 Å². The van der Waals surface area contributed by atoms with Crippen molar-refractivity contribution in [1.29, 1.82) is 0 Å². The van der Waals surface area contributed by atoms with E-state index in [4.69, 9.17) is 0 Å². The number of aromatic nitrogens is 1. The molecular weight excluding hydrogens is 270 g/mol. The molecule has 0 aromatic carbocycles. The van der Waals surface area contributed by atoms with Crippen LogP contribution in [0.4, 0.5) is 4.79 Å². The minimum absolute atomic E-state index is 0.0794. The average Bonchev–Trinajstić information content (AvgIpc) is 2.49. The third-order valence-electron chi connectivity index (χ3n) is 3.56. The number of nitrogens with zero attached hydrogens (tertiary/aromatic N) is 1. The van der Waals surface area contributed by atoms with Gasteiger partial charge in [-0.05, 0) is 30.7 Å². The molecule has 2 amide bonds. The zero-order valence-electron chi connectivity index (χ0n) is 12.0. The Morgan fingerprint density at radius 2 is 2.25 bits per heavy atom. The van der Waals surface area contributed by atoms with Gasteiger partial charge in [0.25, 0.3) is 0 Å². The lowest BCUT2D eigenvalue weighted by molar-refractivity contribution is 0.233. The molecule has 110 valence electrons. The van der Waals surface area contributed by atoms with Crippen LogP contribution < -0.4 is 10.6 Å². The minimum Gasteiger partial charge on any atom is -0.334 e. The number of pyridine rings is 1. The van der Waals surface area contributed by atoms with E-state index in [1.807, 2.05) is 30.0 Å². The van der Waals surface area contributed by atoms with Crippen molar-refractivity contribution in [3.63, 3.8) is 0 Å². The predicted octanol–water partition coefficient (Wildman–Crippen LogP) is 2.95. The van der Waals surface area contributed by atoms with Crippen LogP contribution in [0.5, 0.6) is 0 Å². The van der Waals surface area contributed by atoms with Gasteiger partial charge >= 0.3 is 6.03 Å². The van der Waals surface area contributed by atoms with Crippen LogP contribution in [0.25, 0.3) is 0 Å². The summed E-state index contributed by atoms with van der Waals surface area (Å²) in [6.07, 6.45) is 6.54. The number of amides is 2. The Kier molecular flexibility index (Phi) is 6.18. The molecule has 0 saturated heterocycles. The molecule has 1 saturated carbocycles. The molecule has 1 aromatic heterocycles. The maximum atomic E-state index is 12.0. The van der Waals surface area contributed by atoms with Crippen molar-refractivity contribution < 1.29 is 4.79 Å². The average molecular weight is 293 g/mol. The molecular formula is C15H23N3OS. The molecule has 2 atom stereocenters. The van der Waals surface area contributed by atoms with Crippen LogP contribution in [0.3, 0.4) is 0 Å². The maximum Gasteiger partial charge on any atom is 0.315 e. The minimum atomic E-state index is -0.0794. The van der Waals surface area contributed by atoms with Gasteiger partial charge in [-0.15, -0.1) is 0 Å². The fraction of sp³-hybridized carbons (Fsp3) is 0.600. The molecule has 1 aliphatic rings. The summed E-state index contributed by atoms with van der Waals surface area (Å²) in [7, 11) is 0. The predicted molar refractivity (Wildman–Crippen MR) is 83.8 cm³/mol.